The van der Waals surface area contributed by atoms with Crippen molar-refractivity contribution in [3.05, 3.63) is 75.8 Å². The fourth-order valence-corrected chi connectivity index (χ4v) is 5.17. The van der Waals surface area contributed by atoms with E-state index in [4.69, 9.17) is 4.52 Å². The molecule has 2 fully saturated rings. The SMILES string of the molecule is O=[N+]([O-])c1ccccc1C(OP(=O)(N1CC1)N1CC1)c1ccccc1. The molecular formula is C17H18N3O4P. The monoisotopic (exact) mass is 359 g/mol. The second-order valence-corrected chi connectivity index (χ2v) is 8.43. The normalized spacial score (nSPS) is 18.7. The van der Waals surface area contributed by atoms with Crippen LogP contribution >= 0.6 is 7.67 Å². The van der Waals surface area contributed by atoms with Crippen LogP contribution in [0.1, 0.15) is 17.2 Å². The van der Waals surface area contributed by atoms with Crippen molar-refractivity contribution in [1.82, 2.24) is 9.34 Å². The molecule has 0 spiro atoms. The first kappa shape index (κ1) is 16.4. The molecule has 0 amide bonds. The van der Waals surface area contributed by atoms with Crippen molar-refractivity contribution < 1.29 is 14.0 Å². The van der Waals surface area contributed by atoms with Crippen LogP contribution in [0.3, 0.4) is 0 Å². The molecule has 8 heteroatoms. The van der Waals surface area contributed by atoms with Crippen molar-refractivity contribution >= 4 is 13.4 Å². The molecule has 4 rings (SSSR count). The Hall–Kier alpha value is -2.05. The molecule has 7 nitrogen and oxygen atoms in total. The van der Waals surface area contributed by atoms with Crippen LogP contribution in [-0.4, -0.2) is 40.4 Å². The summed E-state index contributed by atoms with van der Waals surface area (Å²) in [6, 6.07) is 15.7. The molecule has 2 aromatic rings. The van der Waals surface area contributed by atoms with Crippen LogP contribution in [0, 0.1) is 10.1 Å². The predicted octanol–water partition coefficient (Wildman–Crippen LogP) is 3.44. The maximum Gasteiger partial charge on any atom is 0.347 e. The van der Waals surface area contributed by atoms with E-state index in [0.29, 0.717) is 5.56 Å². The summed E-state index contributed by atoms with van der Waals surface area (Å²) < 4.78 is 23.2. The summed E-state index contributed by atoms with van der Waals surface area (Å²) in [7, 11) is -3.13. The first-order chi connectivity index (χ1) is 12.1. The molecule has 0 radical (unpaired) electrons. The lowest BCUT2D eigenvalue weighted by molar-refractivity contribution is -0.386. The zero-order valence-corrected chi connectivity index (χ0v) is 14.4. The highest BCUT2D eigenvalue weighted by atomic mass is 31.2. The van der Waals surface area contributed by atoms with E-state index in [-0.39, 0.29) is 5.69 Å². The van der Waals surface area contributed by atoms with Crippen molar-refractivity contribution in [2.45, 2.75) is 6.10 Å². The number of nitro benzene ring substituents is 1. The van der Waals surface area contributed by atoms with Crippen LogP contribution in [0.5, 0.6) is 0 Å². The van der Waals surface area contributed by atoms with Crippen molar-refractivity contribution in [1.29, 1.82) is 0 Å². The summed E-state index contributed by atoms with van der Waals surface area (Å²) in [4.78, 5) is 11.1. The quantitative estimate of drug-likeness (QED) is 0.326. The summed E-state index contributed by atoms with van der Waals surface area (Å²) in [6.07, 6.45) is -0.755. The molecule has 130 valence electrons. The van der Waals surface area contributed by atoms with Gasteiger partial charge in [-0.2, -0.15) is 0 Å². The van der Waals surface area contributed by atoms with Gasteiger partial charge >= 0.3 is 7.67 Å². The Morgan fingerprint density at radius 2 is 1.52 bits per heavy atom. The van der Waals surface area contributed by atoms with Gasteiger partial charge in [0.25, 0.3) is 5.69 Å². The maximum absolute atomic E-state index is 13.4. The fourth-order valence-electron chi connectivity index (χ4n) is 2.84. The van der Waals surface area contributed by atoms with Gasteiger partial charge in [-0.05, 0) is 11.6 Å². The number of benzene rings is 2. The third kappa shape index (κ3) is 3.24. The van der Waals surface area contributed by atoms with E-state index in [1.54, 1.807) is 18.2 Å². The predicted molar refractivity (Wildman–Crippen MR) is 93.2 cm³/mol. The van der Waals surface area contributed by atoms with Gasteiger partial charge in [-0.3, -0.25) is 19.2 Å². The number of nitro groups is 1. The lowest BCUT2D eigenvalue weighted by Gasteiger charge is -2.26. The third-order valence-electron chi connectivity index (χ3n) is 4.32. The summed E-state index contributed by atoms with van der Waals surface area (Å²) in [5, 5.41) is 11.5. The lowest BCUT2D eigenvalue weighted by atomic mass is 10.0. The van der Waals surface area contributed by atoms with Gasteiger partial charge in [-0.15, -0.1) is 0 Å². The van der Waals surface area contributed by atoms with E-state index in [9.17, 15) is 14.7 Å². The maximum atomic E-state index is 13.4. The van der Waals surface area contributed by atoms with Gasteiger partial charge in [0.1, 0.15) is 6.10 Å². The summed E-state index contributed by atoms with van der Waals surface area (Å²) in [6.45, 7) is 2.91. The highest BCUT2D eigenvalue weighted by Gasteiger charge is 2.51. The van der Waals surface area contributed by atoms with E-state index >= 15 is 0 Å². The van der Waals surface area contributed by atoms with Crippen LogP contribution in [-0.2, 0) is 9.09 Å². The summed E-state index contributed by atoms with van der Waals surface area (Å²) in [5.41, 5.74) is 1.14. The molecule has 2 aliphatic heterocycles. The van der Waals surface area contributed by atoms with E-state index in [0.717, 1.165) is 31.7 Å². The first-order valence-electron chi connectivity index (χ1n) is 8.17. The Bertz CT molecular complexity index is 821. The number of nitrogens with zero attached hydrogens (tertiary/aromatic N) is 3. The average molecular weight is 359 g/mol. The first-order valence-corrected chi connectivity index (χ1v) is 9.70. The highest BCUT2D eigenvalue weighted by molar-refractivity contribution is 7.54. The van der Waals surface area contributed by atoms with Gasteiger partial charge in [-0.1, -0.05) is 42.5 Å². The number of hydrogen-bond donors (Lipinski definition) is 0. The highest BCUT2D eigenvalue weighted by Crippen LogP contribution is 2.64. The number of hydrogen-bond acceptors (Lipinski definition) is 4. The Morgan fingerprint density at radius 1 is 0.960 bits per heavy atom. The number of rotatable bonds is 7. The van der Waals surface area contributed by atoms with Crippen molar-refractivity contribution in [3.63, 3.8) is 0 Å². The van der Waals surface area contributed by atoms with Gasteiger partial charge in [0.05, 0.1) is 10.5 Å². The van der Waals surface area contributed by atoms with E-state index < -0.39 is 18.7 Å². The van der Waals surface area contributed by atoms with Gasteiger partial charge in [0.15, 0.2) is 0 Å². The van der Waals surface area contributed by atoms with Crippen molar-refractivity contribution in [3.8, 4) is 0 Å². The molecule has 1 atom stereocenters. The van der Waals surface area contributed by atoms with Crippen LogP contribution < -0.4 is 0 Å². The fraction of sp³-hybridized carbons (Fsp3) is 0.294. The Balaban J connectivity index is 1.78. The zero-order chi connectivity index (χ0) is 17.4. The third-order valence-corrected chi connectivity index (χ3v) is 7.04. The minimum Gasteiger partial charge on any atom is -0.293 e. The molecule has 2 aliphatic rings. The lowest BCUT2D eigenvalue weighted by Crippen LogP contribution is -2.14. The Kier molecular flexibility index (Phi) is 4.17. The molecule has 25 heavy (non-hydrogen) atoms. The van der Waals surface area contributed by atoms with E-state index in [2.05, 4.69) is 0 Å². The van der Waals surface area contributed by atoms with Crippen molar-refractivity contribution in [2.75, 3.05) is 26.2 Å². The van der Waals surface area contributed by atoms with Gasteiger partial charge < -0.3 is 0 Å². The molecule has 1 unspecified atom stereocenters. The van der Waals surface area contributed by atoms with Gasteiger partial charge in [-0.25, -0.2) is 9.34 Å². The molecule has 0 aliphatic carbocycles. The van der Waals surface area contributed by atoms with Crippen molar-refractivity contribution in [2.24, 2.45) is 0 Å². The molecule has 0 saturated carbocycles. The minimum atomic E-state index is -3.13. The number of para-hydroxylation sites is 1. The van der Waals surface area contributed by atoms with Crippen LogP contribution in [0.4, 0.5) is 5.69 Å². The van der Waals surface area contributed by atoms with Crippen LogP contribution in [0.25, 0.3) is 0 Å². The second-order valence-electron chi connectivity index (χ2n) is 6.11. The smallest absolute Gasteiger partial charge is 0.293 e. The molecule has 0 N–H and O–H groups in total. The second kappa shape index (κ2) is 6.35. The molecule has 0 bridgehead atoms. The standard InChI is InChI=1S/C17H18N3O4P/c21-20(22)16-9-5-4-8-15(16)17(14-6-2-1-3-7-14)24-25(23,18-10-11-18)19-12-13-19/h1-9,17H,10-13H2. The molecule has 2 aromatic carbocycles. The largest absolute Gasteiger partial charge is 0.347 e. The molecule has 0 aromatic heterocycles. The van der Waals surface area contributed by atoms with Gasteiger partial charge in [0.2, 0.25) is 0 Å². The average Bonchev–Trinajstić information content (AvgIpc) is 3.51. The van der Waals surface area contributed by atoms with Crippen LogP contribution in [0.15, 0.2) is 54.6 Å². The minimum absolute atomic E-state index is 0.0282. The van der Waals surface area contributed by atoms with Gasteiger partial charge in [0, 0.05) is 32.2 Å². The Labute approximate surface area is 145 Å². The zero-order valence-electron chi connectivity index (χ0n) is 13.5. The Morgan fingerprint density at radius 3 is 2.08 bits per heavy atom. The summed E-state index contributed by atoms with van der Waals surface area (Å²) >= 11 is 0. The summed E-state index contributed by atoms with van der Waals surface area (Å²) in [5.74, 6) is 0. The van der Waals surface area contributed by atoms with E-state index in [1.807, 2.05) is 39.7 Å². The molecular weight excluding hydrogens is 341 g/mol. The van der Waals surface area contributed by atoms with Crippen LogP contribution in [0.2, 0.25) is 0 Å². The topological polar surface area (TPSA) is 75.5 Å². The molecule has 2 saturated heterocycles. The molecule has 2 heterocycles. The van der Waals surface area contributed by atoms with E-state index in [1.165, 1.54) is 6.07 Å².